The van der Waals surface area contributed by atoms with Crippen LogP contribution >= 0.6 is 0 Å². The number of rotatable bonds is 7. The summed E-state index contributed by atoms with van der Waals surface area (Å²) >= 11 is 0. The number of benzene rings is 2. The summed E-state index contributed by atoms with van der Waals surface area (Å²) < 4.78 is 0. The summed E-state index contributed by atoms with van der Waals surface area (Å²) in [6.07, 6.45) is 0. The zero-order chi connectivity index (χ0) is 15.1. The Labute approximate surface area is 125 Å². The highest BCUT2D eigenvalue weighted by molar-refractivity contribution is 5.79. The van der Waals surface area contributed by atoms with Crippen molar-refractivity contribution < 1.29 is 4.79 Å². The number of carbonyl (C=O) groups excluding carboxylic acids is 1. The third-order valence-electron chi connectivity index (χ3n) is 3.33. The monoisotopic (exact) mass is 283 g/mol. The molecule has 21 heavy (non-hydrogen) atoms. The highest BCUT2D eigenvalue weighted by atomic mass is 16.1. The van der Waals surface area contributed by atoms with Gasteiger partial charge in [-0.25, -0.2) is 0 Å². The molecule has 0 spiro atoms. The number of primary amides is 1. The number of anilines is 1. The minimum Gasteiger partial charge on any atom is -0.381 e. The van der Waals surface area contributed by atoms with Crippen LogP contribution in [-0.4, -0.2) is 11.9 Å². The zero-order valence-electron chi connectivity index (χ0n) is 12.2. The Bertz CT molecular complexity index is 566. The third-order valence-corrected chi connectivity index (χ3v) is 3.33. The first-order valence-corrected chi connectivity index (χ1v) is 7.04. The van der Waals surface area contributed by atoms with Gasteiger partial charge in [0.15, 0.2) is 0 Å². The highest BCUT2D eigenvalue weighted by Crippen LogP contribution is 2.11. The molecule has 0 saturated carbocycles. The van der Waals surface area contributed by atoms with Gasteiger partial charge in [0.05, 0.1) is 6.04 Å². The first-order valence-electron chi connectivity index (χ1n) is 7.04. The van der Waals surface area contributed by atoms with E-state index in [1.807, 2.05) is 42.5 Å². The minimum absolute atomic E-state index is 0.319. The number of hydrogen-bond acceptors (Lipinski definition) is 3. The summed E-state index contributed by atoms with van der Waals surface area (Å²) in [4.78, 5) is 10.9. The van der Waals surface area contributed by atoms with E-state index in [2.05, 4.69) is 22.8 Å². The number of carbonyl (C=O) groups is 1. The second-order valence-electron chi connectivity index (χ2n) is 5.04. The van der Waals surface area contributed by atoms with E-state index in [9.17, 15) is 4.79 Å². The fourth-order valence-electron chi connectivity index (χ4n) is 1.91. The van der Waals surface area contributed by atoms with Gasteiger partial charge >= 0.3 is 0 Å². The number of nitrogens with one attached hydrogen (secondary N) is 2. The average Bonchev–Trinajstić information content (AvgIpc) is 2.52. The molecule has 0 bridgehead atoms. The molecule has 4 N–H and O–H groups in total. The van der Waals surface area contributed by atoms with Crippen molar-refractivity contribution in [2.45, 2.75) is 26.1 Å². The van der Waals surface area contributed by atoms with Crippen molar-refractivity contribution in [3.05, 3.63) is 65.7 Å². The molecule has 1 atom stereocenters. The molecule has 110 valence electrons. The summed E-state index contributed by atoms with van der Waals surface area (Å²) in [5, 5.41) is 6.46. The van der Waals surface area contributed by atoms with Crippen LogP contribution in [0.1, 0.15) is 18.1 Å². The lowest BCUT2D eigenvalue weighted by molar-refractivity contribution is -0.119. The molecule has 0 aliphatic carbocycles. The molecule has 4 nitrogen and oxygen atoms in total. The first kappa shape index (κ1) is 15.1. The van der Waals surface area contributed by atoms with E-state index in [4.69, 9.17) is 5.73 Å². The van der Waals surface area contributed by atoms with Crippen molar-refractivity contribution in [3.8, 4) is 0 Å². The van der Waals surface area contributed by atoms with Crippen LogP contribution < -0.4 is 16.4 Å². The van der Waals surface area contributed by atoms with E-state index in [0.717, 1.165) is 17.8 Å². The van der Waals surface area contributed by atoms with Gasteiger partial charge in [-0.1, -0.05) is 42.5 Å². The molecule has 0 aliphatic rings. The summed E-state index contributed by atoms with van der Waals surface area (Å²) in [6, 6.07) is 18.1. The van der Waals surface area contributed by atoms with Gasteiger partial charge < -0.3 is 16.4 Å². The van der Waals surface area contributed by atoms with Crippen LogP contribution in [0.3, 0.4) is 0 Å². The van der Waals surface area contributed by atoms with E-state index in [-0.39, 0.29) is 11.9 Å². The molecule has 4 heteroatoms. The van der Waals surface area contributed by atoms with Crippen LogP contribution in [0.25, 0.3) is 0 Å². The maximum absolute atomic E-state index is 10.9. The SMILES string of the molecule is C[C@@H](NCc1ccc(NCc2ccccc2)cc1)C(N)=O. The Morgan fingerprint density at radius 3 is 2.24 bits per heavy atom. The molecule has 0 fully saturated rings. The van der Waals surface area contributed by atoms with Gasteiger partial charge in [-0.2, -0.15) is 0 Å². The van der Waals surface area contributed by atoms with Crippen molar-refractivity contribution in [1.82, 2.24) is 5.32 Å². The Balaban J connectivity index is 1.83. The van der Waals surface area contributed by atoms with Gasteiger partial charge in [-0.05, 0) is 30.2 Å². The third kappa shape index (κ3) is 4.93. The Morgan fingerprint density at radius 1 is 1.00 bits per heavy atom. The average molecular weight is 283 g/mol. The summed E-state index contributed by atoms with van der Waals surface area (Å²) in [7, 11) is 0. The summed E-state index contributed by atoms with van der Waals surface area (Å²) in [5.41, 5.74) is 8.65. The first-order chi connectivity index (χ1) is 10.1. The molecular weight excluding hydrogens is 262 g/mol. The predicted octanol–water partition coefficient (Wildman–Crippen LogP) is 2.26. The Morgan fingerprint density at radius 2 is 1.62 bits per heavy atom. The molecule has 0 unspecified atom stereocenters. The quantitative estimate of drug-likeness (QED) is 0.730. The fourth-order valence-corrected chi connectivity index (χ4v) is 1.91. The van der Waals surface area contributed by atoms with Crippen molar-refractivity contribution in [1.29, 1.82) is 0 Å². The standard InChI is InChI=1S/C17H21N3O/c1-13(17(18)21)19-11-15-7-9-16(10-8-15)20-12-14-5-3-2-4-6-14/h2-10,13,19-20H,11-12H2,1H3,(H2,18,21)/t13-/m1/s1. The largest absolute Gasteiger partial charge is 0.381 e. The molecule has 0 aromatic heterocycles. The Kier molecular flexibility index (Phi) is 5.35. The predicted molar refractivity (Wildman–Crippen MR) is 85.7 cm³/mol. The maximum Gasteiger partial charge on any atom is 0.234 e. The molecule has 2 aromatic rings. The van der Waals surface area contributed by atoms with Crippen molar-refractivity contribution >= 4 is 11.6 Å². The van der Waals surface area contributed by atoms with E-state index in [0.29, 0.717) is 6.54 Å². The fraction of sp³-hybridized carbons (Fsp3) is 0.235. The Hall–Kier alpha value is -2.33. The lowest BCUT2D eigenvalue weighted by Gasteiger charge is -2.11. The smallest absolute Gasteiger partial charge is 0.234 e. The summed E-state index contributed by atoms with van der Waals surface area (Å²) in [5.74, 6) is -0.337. The number of nitrogens with two attached hydrogens (primary N) is 1. The normalized spacial score (nSPS) is 11.9. The molecule has 0 radical (unpaired) electrons. The molecule has 0 saturated heterocycles. The lowest BCUT2D eigenvalue weighted by Crippen LogP contribution is -2.38. The number of amides is 1. The van der Waals surface area contributed by atoms with Gasteiger partial charge in [0.25, 0.3) is 0 Å². The van der Waals surface area contributed by atoms with Gasteiger partial charge in [-0.3, -0.25) is 4.79 Å². The highest BCUT2D eigenvalue weighted by Gasteiger charge is 2.06. The van der Waals surface area contributed by atoms with Crippen LogP contribution in [0, 0.1) is 0 Å². The molecule has 2 rings (SSSR count). The molecule has 0 heterocycles. The van der Waals surface area contributed by atoms with Crippen LogP contribution in [0.2, 0.25) is 0 Å². The topological polar surface area (TPSA) is 67.2 Å². The minimum atomic E-state index is -0.337. The van der Waals surface area contributed by atoms with Crippen molar-refractivity contribution in [2.75, 3.05) is 5.32 Å². The van der Waals surface area contributed by atoms with Crippen LogP contribution in [0.5, 0.6) is 0 Å². The second kappa shape index (κ2) is 7.45. The van der Waals surface area contributed by atoms with Gasteiger partial charge in [-0.15, -0.1) is 0 Å². The summed E-state index contributed by atoms with van der Waals surface area (Å²) in [6.45, 7) is 3.19. The van der Waals surface area contributed by atoms with E-state index in [1.165, 1.54) is 5.56 Å². The van der Waals surface area contributed by atoms with Crippen molar-refractivity contribution in [3.63, 3.8) is 0 Å². The van der Waals surface area contributed by atoms with Crippen LogP contribution in [0.4, 0.5) is 5.69 Å². The van der Waals surface area contributed by atoms with Crippen LogP contribution in [0.15, 0.2) is 54.6 Å². The molecule has 2 aromatic carbocycles. The molecule has 1 amide bonds. The molecule has 0 aliphatic heterocycles. The van der Waals surface area contributed by atoms with E-state index >= 15 is 0 Å². The van der Waals surface area contributed by atoms with E-state index < -0.39 is 0 Å². The van der Waals surface area contributed by atoms with Gasteiger partial charge in [0, 0.05) is 18.8 Å². The van der Waals surface area contributed by atoms with Gasteiger partial charge in [0.1, 0.15) is 0 Å². The zero-order valence-corrected chi connectivity index (χ0v) is 12.2. The maximum atomic E-state index is 10.9. The number of hydrogen-bond donors (Lipinski definition) is 3. The lowest BCUT2D eigenvalue weighted by atomic mass is 10.2. The van der Waals surface area contributed by atoms with Gasteiger partial charge in [0.2, 0.25) is 5.91 Å². The van der Waals surface area contributed by atoms with E-state index in [1.54, 1.807) is 6.92 Å². The van der Waals surface area contributed by atoms with Crippen molar-refractivity contribution in [2.24, 2.45) is 5.73 Å². The van der Waals surface area contributed by atoms with Crippen LogP contribution in [-0.2, 0) is 17.9 Å². The second-order valence-corrected chi connectivity index (χ2v) is 5.04. The molecular formula is C17H21N3O.